The zero-order chi connectivity index (χ0) is 12.4. The van der Waals surface area contributed by atoms with E-state index >= 15 is 0 Å². The molecule has 0 aliphatic carbocycles. The highest BCUT2D eigenvalue weighted by atomic mass is 35.5. The normalized spacial score (nSPS) is 12.5. The van der Waals surface area contributed by atoms with Crippen LogP contribution in [0, 0.1) is 12.7 Å². The van der Waals surface area contributed by atoms with Gasteiger partial charge in [0.1, 0.15) is 11.9 Å². The topological polar surface area (TPSA) is 20.2 Å². The standard InChI is InChI=1S/C14H12ClFO/c1-9-5-11(8-13(16)6-9)14(17)10-3-2-4-12(15)7-10/h2-8,14,17H,1H3. The smallest absolute Gasteiger partial charge is 0.123 e. The molecule has 0 spiro atoms. The van der Waals surface area contributed by atoms with Crippen molar-refractivity contribution in [1.29, 1.82) is 0 Å². The van der Waals surface area contributed by atoms with Crippen LogP contribution < -0.4 is 0 Å². The zero-order valence-corrected chi connectivity index (χ0v) is 10.1. The number of benzene rings is 2. The lowest BCUT2D eigenvalue weighted by atomic mass is 10.00. The quantitative estimate of drug-likeness (QED) is 0.858. The highest BCUT2D eigenvalue weighted by Crippen LogP contribution is 2.25. The van der Waals surface area contributed by atoms with Crippen LogP contribution in [0.2, 0.25) is 5.02 Å². The maximum atomic E-state index is 13.2. The monoisotopic (exact) mass is 250 g/mol. The van der Waals surface area contributed by atoms with E-state index in [-0.39, 0.29) is 5.82 Å². The summed E-state index contributed by atoms with van der Waals surface area (Å²) in [5.41, 5.74) is 1.97. The molecule has 0 heterocycles. The van der Waals surface area contributed by atoms with Gasteiger partial charge >= 0.3 is 0 Å². The summed E-state index contributed by atoms with van der Waals surface area (Å²) >= 11 is 5.85. The molecule has 2 rings (SSSR count). The fourth-order valence-corrected chi connectivity index (χ4v) is 1.99. The van der Waals surface area contributed by atoms with Gasteiger partial charge in [0, 0.05) is 5.02 Å². The molecule has 88 valence electrons. The molecule has 0 amide bonds. The number of rotatable bonds is 2. The summed E-state index contributed by atoms with van der Waals surface area (Å²) in [4.78, 5) is 0. The third kappa shape index (κ3) is 2.84. The van der Waals surface area contributed by atoms with Crippen LogP contribution in [-0.2, 0) is 0 Å². The van der Waals surface area contributed by atoms with Gasteiger partial charge in [-0.1, -0.05) is 29.8 Å². The molecule has 17 heavy (non-hydrogen) atoms. The van der Waals surface area contributed by atoms with E-state index in [1.165, 1.54) is 12.1 Å². The Labute approximate surface area is 104 Å². The van der Waals surface area contributed by atoms with Gasteiger partial charge < -0.3 is 5.11 Å². The van der Waals surface area contributed by atoms with E-state index in [1.807, 2.05) is 0 Å². The molecule has 0 fully saturated rings. The number of aryl methyl sites for hydroxylation is 1. The third-order valence-electron chi connectivity index (χ3n) is 2.54. The molecule has 0 saturated heterocycles. The summed E-state index contributed by atoms with van der Waals surface area (Å²) in [5, 5.41) is 10.7. The Kier molecular flexibility index (Phi) is 3.46. The van der Waals surface area contributed by atoms with Crippen LogP contribution in [0.15, 0.2) is 42.5 Å². The van der Waals surface area contributed by atoms with Crippen LogP contribution in [0.3, 0.4) is 0 Å². The SMILES string of the molecule is Cc1cc(F)cc(C(O)c2cccc(Cl)c2)c1. The van der Waals surface area contributed by atoms with Crippen molar-refractivity contribution in [3.8, 4) is 0 Å². The Hall–Kier alpha value is -1.38. The lowest BCUT2D eigenvalue weighted by molar-refractivity contribution is 0.219. The van der Waals surface area contributed by atoms with E-state index in [2.05, 4.69) is 0 Å². The number of aliphatic hydroxyl groups excluding tert-OH is 1. The van der Waals surface area contributed by atoms with Crippen LogP contribution in [0.5, 0.6) is 0 Å². The molecular weight excluding hydrogens is 239 g/mol. The van der Waals surface area contributed by atoms with Gasteiger partial charge in [-0.05, 0) is 47.9 Å². The molecule has 0 aromatic heterocycles. The molecule has 1 N–H and O–H groups in total. The van der Waals surface area contributed by atoms with E-state index in [1.54, 1.807) is 37.3 Å². The van der Waals surface area contributed by atoms with Crippen molar-refractivity contribution in [3.63, 3.8) is 0 Å². The van der Waals surface area contributed by atoms with Crippen LogP contribution in [0.1, 0.15) is 22.8 Å². The van der Waals surface area contributed by atoms with Crippen molar-refractivity contribution in [2.24, 2.45) is 0 Å². The lowest BCUT2D eigenvalue weighted by Crippen LogP contribution is -2.00. The summed E-state index contributed by atoms with van der Waals surface area (Å²) in [6.07, 6.45) is -0.858. The Bertz CT molecular complexity index is 519. The van der Waals surface area contributed by atoms with Crippen molar-refractivity contribution in [2.45, 2.75) is 13.0 Å². The van der Waals surface area contributed by atoms with Crippen molar-refractivity contribution >= 4 is 11.6 Å². The number of aliphatic hydroxyl groups is 1. The van der Waals surface area contributed by atoms with Crippen LogP contribution >= 0.6 is 11.6 Å². The second kappa shape index (κ2) is 4.86. The number of hydrogen-bond donors (Lipinski definition) is 1. The molecule has 2 aromatic carbocycles. The predicted octanol–water partition coefficient (Wildman–Crippen LogP) is 3.87. The highest BCUT2D eigenvalue weighted by Gasteiger charge is 2.12. The summed E-state index contributed by atoms with van der Waals surface area (Å²) in [6, 6.07) is 11.4. The average Bonchev–Trinajstić information content (AvgIpc) is 2.26. The lowest BCUT2D eigenvalue weighted by Gasteiger charge is -2.12. The summed E-state index contributed by atoms with van der Waals surface area (Å²) in [6.45, 7) is 1.79. The third-order valence-corrected chi connectivity index (χ3v) is 2.78. The van der Waals surface area contributed by atoms with Crippen molar-refractivity contribution in [2.75, 3.05) is 0 Å². The second-order valence-corrected chi connectivity index (χ2v) is 4.46. The van der Waals surface area contributed by atoms with Gasteiger partial charge in [-0.2, -0.15) is 0 Å². The predicted molar refractivity (Wildman–Crippen MR) is 66.7 cm³/mol. The molecule has 0 aliphatic rings. The molecule has 0 radical (unpaired) electrons. The first-order chi connectivity index (χ1) is 8.06. The molecule has 0 saturated carbocycles. The van der Waals surface area contributed by atoms with Gasteiger partial charge in [-0.15, -0.1) is 0 Å². The van der Waals surface area contributed by atoms with Crippen molar-refractivity contribution in [3.05, 3.63) is 70.0 Å². The van der Waals surface area contributed by atoms with Crippen LogP contribution in [-0.4, -0.2) is 5.11 Å². The zero-order valence-electron chi connectivity index (χ0n) is 9.32. The fourth-order valence-electron chi connectivity index (χ4n) is 1.79. The minimum Gasteiger partial charge on any atom is -0.384 e. The van der Waals surface area contributed by atoms with Gasteiger partial charge in [0.2, 0.25) is 0 Å². The van der Waals surface area contributed by atoms with Gasteiger partial charge in [0.05, 0.1) is 0 Å². The van der Waals surface area contributed by atoms with Crippen LogP contribution in [0.25, 0.3) is 0 Å². The molecule has 0 bridgehead atoms. The number of halogens is 2. The van der Waals surface area contributed by atoms with E-state index in [0.29, 0.717) is 16.1 Å². The number of hydrogen-bond acceptors (Lipinski definition) is 1. The Morgan fingerprint density at radius 2 is 1.88 bits per heavy atom. The molecule has 0 aliphatic heterocycles. The van der Waals surface area contributed by atoms with E-state index < -0.39 is 6.10 Å². The van der Waals surface area contributed by atoms with Gasteiger partial charge in [-0.25, -0.2) is 4.39 Å². The maximum Gasteiger partial charge on any atom is 0.123 e. The molecule has 1 unspecified atom stereocenters. The van der Waals surface area contributed by atoms with Gasteiger partial charge in [-0.3, -0.25) is 0 Å². The average molecular weight is 251 g/mol. The Balaban J connectivity index is 2.39. The second-order valence-electron chi connectivity index (χ2n) is 4.02. The summed E-state index contributed by atoms with van der Waals surface area (Å²) in [7, 11) is 0. The Morgan fingerprint density at radius 1 is 1.12 bits per heavy atom. The van der Waals surface area contributed by atoms with Crippen LogP contribution in [0.4, 0.5) is 4.39 Å². The minimum absolute atomic E-state index is 0.346. The molecule has 3 heteroatoms. The summed E-state index contributed by atoms with van der Waals surface area (Å²) in [5.74, 6) is -0.346. The van der Waals surface area contributed by atoms with E-state index in [4.69, 9.17) is 11.6 Å². The van der Waals surface area contributed by atoms with Gasteiger partial charge in [0.25, 0.3) is 0 Å². The first-order valence-electron chi connectivity index (χ1n) is 5.27. The first-order valence-corrected chi connectivity index (χ1v) is 5.64. The van der Waals surface area contributed by atoms with Crippen molar-refractivity contribution in [1.82, 2.24) is 0 Å². The largest absolute Gasteiger partial charge is 0.384 e. The minimum atomic E-state index is -0.858. The molecular formula is C14H12ClFO. The molecule has 1 atom stereocenters. The fraction of sp³-hybridized carbons (Fsp3) is 0.143. The molecule has 1 nitrogen and oxygen atoms in total. The van der Waals surface area contributed by atoms with Crippen molar-refractivity contribution < 1.29 is 9.50 Å². The first kappa shape index (κ1) is 12.1. The molecule has 2 aromatic rings. The van der Waals surface area contributed by atoms with Gasteiger partial charge in [0.15, 0.2) is 0 Å². The van der Waals surface area contributed by atoms with E-state index in [9.17, 15) is 9.50 Å². The Morgan fingerprint density at radius 3 is 2.53 bits per heavy atom. The highest BCUT2D eigenvalue weighted by molar-refractivity contribution is 6.30. The maximum absolute atomic E-state index is 13.2. The van der Waals surface area contributed by atoms with E-state index in [0.717, 1.165) is 5.56 Å². The summed E-state index contributed by atoms with van der Waals surface area (Å²) < 4.78 is 13.2.